The first-order chi connectivity index (χ1) is 7.91. The number of piperazine rings is 1. The Morgan fingerprint density at radius 1 is 1.12 bits per heavy atom. The molecule has 2 saturated heterocycles. The third-order valence-electron chi connectivity index (χ3n) is 4.71. The van der Waals surface area contributed by atoms with Crippen LogP contribution in [0.3, 0.4) is 0 Å². The largest absolute Gasteiger partial charge is 0.313 e. The summed E-state index contributed by atoms with van der Waals surface area (Å²) in [5.41, 5.74) is 0.542. The first kappa shape index (κ1) is 11.4. The quantitative estimate of drug-likeness (QED) is 0.698. The standard InChI is InChI=1S/C13H24N2S/c1-2-4-6-13(5-3-1)11-14-9-12-10-16-8-7-15(12)13/h12,14H,1-11H2. The molecule has 3 fully saturated rings. The lowest BCUT2D eigenvalue weighted by atomic mass is 9.84. The molecule has 0 bridgehead atoms. The molecular weight excluding hydrogens is 216 g/mol. The molecule has 1 spiro atoms. The lowest BCUT2D eigenvalue weighted by Gasteiger charge is -2.53. The van der Waals surface area contributed by atoms with Gasteiger partial charge in [-0.3, -0.25) is 4.90 Å². The van der Waals surface area contributed by atoms with Crippen LogP contribution >= 0.6 is 11.8 Å². The monoisotopic (exact) mass is 240 g/mol. The Bertz CT molecular complexity index is 234. The van der Waals surface area contributed by atoms with E-state index in [4.69, 9.17) is 0 Å². The molecule has 2 aliphatic heterocycles. The molecule has 2 heterocycles. The number of fused-ring (bicyclic) bond motifs is 2. The average molecular weight is 240 g/mol. The highest BCUT2D eigenvalue weighted by Gasteiger charge is 2.43. The van der Waals surface area contributed by atoms with E-state index in [1.165, 1.54) is 69.7 Å². The summed E-state index contributed by atoms with van der Waals surface area (Å²) in [4.78, 5) is 2.89. The first-order valence-electron chi connectivity index (χ1n) is 6.96. The van der Waals surface area contributed by atoms with Crippen molar-refractivity contribution < 1.29 is 0 Å². The van der Waals surface area contributed by atoms with Gasteiger partial charge >= 0.3 is 0 Å². The lowest BCUT2D eigenvalue weighted by Crippen LogP contribution is -2.67. The number of hydrogen-bond acceptors (Lipinski definition) is 3. The van der Waals surface area contributed by atoms with Gasteiger partial charge in [-0.25, -0.2) is 0 Å². The van der Waals surface area contributed by atoms with Gasteiger partial charge in [0, 0.05) is 42.7 Å². The maximum absolute atomic E-state index is 3.72. The Kier molecular flexibility index (Phi) is 3.46. The van der Waals surface area contributed by atoms with Gasteiger partial charge in [-0.1, -0.05) is 25.7 Å². The van der Waals surface area contributed by atoms with Gasteiger partial charge in [0.1, 0.15) is 0 Å². The summed E-state index contributed by atoms with van der Waals surface area (Å²) in [6.45, 7) is 3.83. The fourth-order valence-electron chi connectivity index (χ4n) is 3.87. The van der Waals surface area contributed by atoms with Crippen LogP contribution in [0.1, 0.15) is 38.5 Å². The molecule has 16 heavy (non-hydrogen) atoms. The van der Waals surface area contributed by atoms with E-state index >= 15 is 0 Å². The molecule has 0 radical (unpaired) electrons. The van der Waals surface area contributed by atoms with Crippen molar-refractivity contribution in [1.82, 2.24) is 10.2 Å². The Labute approximate surface area is 104 Å². The van der Waals surface area contributed by atoms with E-state index < -0.39 is 0 Å². The Morgan fingerprint density at radius 2 is 1.94 bits per heavy atom. The molecular formula is C13H24N2S. The third kappa shape index (κ3) is 2.02. The van der Waals surface area contributed by atoms with Crippen molar-refractivity contribution >= 4 is 11.8 Å². The second kappa shape index (κ2) is 4.87. The highest BCUT2D eigenvalue weighted by Crippen LogP contribution is 2.37. The number of nitrogens with zero attached hydrogens (tertiary/aromatic N) is 1. The molecule has 3 aliphatic rings. The summed E-state index contributed by atoms with van der Waals surface area (Å²) >= 11 is 2.15. The molecule has 92 valence electrons. The predicted octanol–water partition coefficient (Wildman–Crippen LogP) is 2.10. The number of rotatable bonds is 0. The molecule has 1 saturated carbocycles. The van der Waals surface area contributed by atoms with Crippen molar-refractivity contribution in [3.63, 3.8) is 0 Å². The van der Waals surface area contributed by atoms with Crippen LogP contribution in [-0.2, 0) is 0 Å². The molecule has 3 heteroatoms. The number of hydrogen-bond donors (Lipinski definition) is 1. The fraction of sp³-hybridized carbons (Fsp3) is 1.00. The van der Waals surface area contributed by atoms with Crippen LogP contribution < -0.4 is 5.32 Å². The minimum absolute atomic E-state index is 0.542. The van der Waals surface area contributed by atoms with Gasteiger partial charge in [-0.05, 0) is 12.8 Å². The smallest absolute Gasteiger partial charge is 0.0338 e. The van der Waals surface area contributed by atoms with Crippen LogP contribution in [0.25, 0.3) is 0 Å². The number of nitrogens with one attached hydrogen (secondary N) is 1. The Balaban J connectivity index is 1.79. The van der Waals surface area contributed by atoms with Gasteiger partial charge in [0.05, 0.1) is 0 Å². The summed E-state index contributed by atoms with van der Waals surface area (Å²) < 4.78 is 0. The van der Waals surface area contributed by atoms with Gasteiger partial charge in [0.2, 0.25) is 0 Å². The molecule has 1 aliphatic carbocycles. The maximum atomic E-state index is 3.72. The van der Waals surface area contributed by atoms with Gasteiger partial charge in [-0.15, -0.1) is 0 Å². The Morgan fingerprint density at radius 3 is 2.75 bits per heavy atom. The average Bonchev–Trinajstić information content (AvgIpc) is 2.57. The minimum atomic E-state index is 0.542. The summed E-state index contributed by atoms with van der Waals surface area (Å²) in [5, 5.41) is 3.72. The van der Waals surface area contributed by atoms with Crippen molar-refractivity contribution in [1.29, 1.82) is 0 Å². The first-order valence-corrected chi connectivity index (χ1v) is 8.11. The van der Waals surface area contributed by atoms with E-state index in [1.807, 2.05) is 0 Å². The maximum Gasteiger partial charge on any atom is 0.0338 e. The SMILES string of the molecule is C1CCCC2(CC1)CNCC1CSCCN12. The van der Waals surface area contributed by atoms with Crippen molar-refractivity contribution in [2.45, 2.75) is 50.1 Å². The van der Waals surface area contributed by atoms with Gasteiger partial charge in [0.25, 0.3) is 0 Å². The second-order valence-electron chi connectivity index (χ2n) is 5.69. The van der Waals surface area contributed by atoms with Crippen molar-refractivity contribution in [2.75, 3.05) is 31.1 Å². The molecule has 0 aromatic rings. The molecule has 1 N–H and O–H groups in total. The van der Waals surface area contributed by atoms with Crippen LogP contribution in [0.15, 0.2) is 0 Å². The molecule has 2 nitrogen and oxygen atoms in total. The van der Waals surface area contributed by atoms with Crippen LogP contribution in [0.2, 0.25) is 0 Å². The molecule has 0 aromatic carbocycles. The van der Waals surface area contributed by atoms with E-state index in [1.54, 1.807) is 0 Å². The van der Waals surface area contributed by atoms with E-state index in [0.29, 0.717) is 5.54 Å². The van der Waals surface area contributed by atoms with Crippen LogP contribution in [0, 0.1) is 0 Å². The zero-order valence-electron chi connectivity index (χ0n) is 10.2. The van der Waals surface area contributed by atoms with Gasteiger partial charge in [-0.2, -0.15) is 11.8 Å². The van der Waals surface area contributed by atoms with Gasteiger partial charge in [0.15, 0.2) is 0 Å². The molecule has 0 amide bonds. The highest BCUT2D eigenvalue weighted by molar-refractivity contribution is 7.99. The normalized spacial score (nSPS) is 35.6. The summed E-state index contributed by atoms with van der Waals surface area (Å²) in [7, 11) is 0. The fourth-order valence-corrected chi connectivity index (χ4v) is 4.93. The highest BCUT2D eigenvalue weighted by atomic mass is 32.2. The van der Waals surface area contributed by atoms with E-state index in [2.05, 4.69) is 22.0 Å². The van der Waals surface area contributed by atoms with Crippen molar-refractivity contribution in [3.05, 3.63) is 0 Å². The summed E-state index contributed by atoms with van der Waals surface area (Å²) in [6, 6.07) is 0.825. The van der Waals surface area contributed by atoms with E-state index in [0.717, 1.165) is 6.04 Å². The van der Waals surface area contributed by atoms with Crippen LogP contribution in [0.5, 0.6) is 0 Å². The second-order valence-corrected chi connectivity index (χ2v) is 6.84. The Hall–Kier alpha value is 0.270. The predicted molar refractivity (Wildman–Crippen MR) is 71.1 cm³/mol. The zero-order valence-corrected chi connectivity index (χ0v) is 11.0. The lowest BCUT2D eigenvalue weighted by molar-refractivity contribution is 0.0123. The van der Waals surface area contributed by atoms with Crippen molar-refractivity contribution in [3.8, 4) is 0 Å². The third-order valence-corrected chi connectivity index (χ3v) is 5.80. The minimum Gasteiger partial charge on any atom is -0.313 e. The van der Waals surface area contributed by atoms with Crippen LogP contribution in [0.4, 0.5) is 0 Å². The van der Waals surface area contributed by atoms with E-state index in [-0.39, 0.29) is 0 Å². The molecule has 3 rings (SSSR count). The van der Waals surface area contributed by atoms with Crippen molar-refractivity contribution in [2.24, 2.45) is 0 Å². The zero-order chi connectivity index (χ0) is 10.8. The molecule has 1 atom stereocenters. The number of thioether (sulfide) groups is 1. The topological polar surface area (TPSA) is 15.3 Å². The molecule has 1 unspecified atom stereocenters. The summed E-state index contributed by atoms with van der Waals surface area (Å²) in [6.07, 6.45) is 8.74. The van der Waals surface area contributed by atoms with Crippen LogP contribution in [-0.4, -0.2) is 47.6 Å². The van der Waals surface area contributed by atoms with E-state index in [9.17, 15) is 0 Å². The molecule has 0 aromatic heterocycles. The van der Waals surface area contributed by atoms with Gasteiger partial charge < -0.3 is 5.32 Å². The summed E-state index contributed by atoms with van der Waals surface area (Å²) in [5.74, 6) is 2.72.